The summed E-state index contributed by atoms with van der Waals surface area (Å²) in [4.78, 5) is 136. The van der Waals surface area contributed by atoms with Crippen LogP contribution in [0.15, 0.2) is 72.8 Å². The lowest BCUT2D eigenvalue weighted by molar-refractivity contribution is -0.143. The summed E-state index contributed by atoms with van der Waals surface area (Å²) in [7, 11) is 5.57. The van der Waals surface area contributed by atoms with Gasteiger partial charge in [-0.2, -0.15) is 0 Å². The smallest absolute Gasteiger partial charge is 0.305 e. The number of esters is 1. The normalized spacial score (nSPS) is 20.3. The minimum atomic E-state index is -0.490. The molecule has 0 saturated heterocycles. The van der Waals surface area contributed by atoms with Gasteiger partial charge in [-0.05, 0) is 68.3 Å². The number of nitrogens with one attached hydrogen (secondary N) is 7. The third kappa shape index (κ3) is 19.1. The van der Waals surface area contributed by atoms with E-state index in [1.165, 1.54) is 28.4 Å². The second-order valence-electron chi connectivity index (χ2n) is 21.6. The topological polar surface area (TPSA) is 300 Å². The number of carbonyl (C=O) groups excluding carboxylic acids is 9. The van der Waals surface area contributed by atoms with Crippen molar-refractivity contribution in [1.82, 2.24) is 61.7 Å². The van der Waals surface area contributed by atoms with Crippen LogP contribution in [0.25, 0.3) is 0 Å². The predicted octanol–water partition coefficient (Wildman–Crippen LogP) is 1.74. The van der Waals surface area contributed by atoms with Crippen molar-refractivity contribution in [3.63, 3.8) is 0 Å². The number of hydrogen-bond donors (Lipinski definition) is 7. The standard InChI is InChI=1S/C64H86N12O14/c1-6-90-52(77)22-8-7-9-30-76-43-42-75-37-29-71-62(83)49-19-12-18-48(55(49)88-4)59(80)67-25-33-73(34-28-70-63(84)50-20-13-21-51(64(76)85)56(50)89-5)39-38-72-31-23-65-57(78)44-14-10-16-46(53(44)86-2)60(81)68-26-35-74(40-41-75)36-27-69-61(82)47-17-11-15-45(54(47)87-3)58(79)66-24-32-72/h10-21H,6-9,22-43H2,1-5H3,(H,65,78)(H,66,79)(H,67,80)(H,68,81)(H,69,82)(H,70,84)(H,71,83). The Labute approximate surface area is 525 Å². The number of para-hydroxylation sites is 4. The van der Waals surface area contributed by atoms with E-state index in [0.717, 1.165) is 0 Å². The number of amides is 8. The lowest BCUT2D eigenvalue weighted by Crippen LogP contribution is -2.46. The Morgan fingerprint density at radius 3 is 0.889 bits per heavy atom. The fraction of sp³-hybridized carbons (Fsp3) is 0.484. The molecule has 4 aliphatic heterocycles. The molecule has 0 saturated carbocycles. The first-order chi connectivity index (χ1) is 43.7. The number of fused-ring (bicyclic) bond motifs is 16. The quantitative estimate of drug-likeness (QED) is 0.0831. The minimum Gasteiger partial charge on any atom is -0.495 e. The van der Waals surface area contributed by atoms with Gasteiger partial charge in [-0.15, -0.1) is 0 Å². The van der Waals surface area contributed by atoms with Crippen LogP contribution in [0, 0.1) is 0 Å². The molecule has 2 atom stereocenters. The molecule has 0 aromatic heterocycles. The molecule has 4 heterocycles. The number of ether oxygens (including phenoxy) is 5. The van der Waals surface area contributed by atoms with Crippen molar-refractivity contribution >= 4 is 53.2 Å². The molecule has 0 radical (unpaired) electrons. The summed E-state index contributed by atoms with van der Waals surface area (Å²) in [5, 5.41) is 21.0. The third-order valence-corrected chi connectivity index (χ3v) is 15.9. The SMILES string of the molecule is CCOC(=O)CCCCCN1CCN2CCNC(=O)c3cccc(c3OC)C(=O)NCCN(CCNC(=O)c3cccc(c3OC)C1=O)CCN1CCNC(=O)c3cccc(c3OC)C(=O)NCCN(CCNC(=O)c3cccc(c3OC)C(=O)NCC1)CC2. The third-order valence-electron chi connectivity index (χ3n) is 15.9. The maximum Gasteiger partial charge on any atom is 0.305 e. The van der Waals surface area contributed by atoms with Crippen molar-refractivity contribution in [3.05, 3.63) is 117 Å². The van der Waals surface area contributed by atoms with Crippen LogP contribution < -0.4 is 56.2 Å². The van der Waals surface area contributed by atoms with Gasteiger partial charge < -0.3 is 65.8 Å². The maximum atomic E-state index is 15.1. The summed E-state index contributed by atoms with van der Waals surface area (Å²) in [5.41, 5.74) is 1.12. The van der Waals surface area contributed by atoms with Crippen molar-refractivity contribution in [3.8, 4) is 23.0 Å². The zero-order valence-electron chi connectivity index (χ0n) is 52.3. The molecular formula is C64H86N12O14. The summed E-state index contributed by atoms with van der Waals surface area (Å²) in [6.45, 7) is 6.61. The Hall–Kier alpha value is -8.85. The van der Waals surface area contributed by atoms with Crippen molar-refractivity contribution in [2.24, 2.45) is 0 Å². The molecule has 8 rings (SSSR count). The van der Waals surface area contributed by atoms with E-state index in [4.69, 9.17) is 23.7 Å². The minimum absolute atomic E-state index is 0.0775. The molecule has 26 heteroatoms. The van der Waals surface area contributed by atoms with Gasteiger partial charge in [0.25, 0.3) is 47.3 Å². The molecule has 4 aliphatic rings. The molecule has 0 aliphatic carbocycles. The number of nitrogens with zero attached hydrogens (tertiary/aromatic N) is 5. The van der Waals surface area contributed by atoms with E-state index in [2.05, 4.69) is 42.1 Å². The van der Waals surface area contributed by atoms with Crippen molar-refractivity contribution < 1.29 is 66.8 Å². The first kappa shape index (κ1) is 68.6. The highest BCUT2D eigenvalue weighted by Gasteiger charge is 2.28. The molecule has 26 nitrogen and oxygen atoms in total. The van der Waals surface area contributed by atoms with Crippen LogP contribution in [0.2, 0.25) is 0 Å². The average molecular weight is 1250 g/mol. The number of unbranched alkanes of at least 4 members (excludes halogenated alkanes) is 2. The van der Waals surface area contributed by atoms with Crippen LogP contribution in [-0.2, 0) is 9.53 Å². The van der Waals surface area contributed by atoms with Crippen LogP contribution >= 0.6 is 0 Å². The van der Waals surface area contributed by atoms with Gasteiger partial charge in [-0.1, -0.05) is 30.7 Å². The highest BCUT2D eigenvalue weighted by atomic mass is 16.5. The number of hydrogen-bond acceptors (Lipinski definition) is 18. The van der Waals surface area contributed by atoms with Gasteiger partial charge in [0, 0.05) is 144 Å². The summed E-state index contributed by atoms with van der Waals surface area (Å²) >= 11 is 0. The van der Waals surface area contributed by atoms with Gasteiger partial charge in [-0.3, -0.25) is 62.8 Å². The van der Waals surface area contributed by atoms with Gasteiger partial charge in [0.1, 0.15) is 23.0 Å². The molecule has 2 unspecified atom stereocenters. The van der Waals surface area contributed by atoms with Gasteiger partial charge >= 0.3 is 5.97 Å². The Balaban J connectivity index is 1.34. The molecule has 0 fully saturated rings. The van der Waals surface area contributed by atoms with E-state index in [1.54, 1.807) is 84.6 Å². The Bertz CT molecular complexity index is 3070. The van der Waals surface area contributed by atoms with Crippen LogP contribution in [0.3, 0.4) is 0 Å². The molecule has 12 bridgehead atoms. The molecule has 0 spiro atoms. The van der Waals surface area contributed by atoms with Crippen molar-refractivity contribution in [2.45, 2.75) is 32.6 Å². The number of methoxy groups -OCH3 is 4. The Morgan fingerprint density at radius 2 is 0.611 bits per heavy atom. The Morgan fingerprint density at radius 1 is 0.356 bits per heavy atom. The summed E-state index contributed by atoms with van der Waals surface area (Å²) in [5.74, 6) is -3.78. The van der Waals surface area contributed by atoms with E-state index in [0.29, 0.717) is 45.4 Å². The molecule has 7 N–H and O–H groups in total. The summed E-state index contributed by atoms with van der Waals surface area (Å²) < 4.78 is 28.3. The highest BCUT2D eigenvalue weighted by molar-refractivity contribution is 6.07. The largest absolute Gasteiger partial charge is 0.495 e. The molecule has 4 aromatic carbocycles. The maximum absolute atomic E-state index is 15.1. The fourth-order valence-corrected chi connectivity index (χ4v) is 11.0. The van der Waals surface area contributed by atoms with Crippen molar-refractivity contribution in [2.75, 3.05) is 172 Å². The summed E-state index contributed by atoms with van der Waals surface area (Å²) in [6.07, 6.45) is 1.87. The first-order valence-corrected chi connectivity index (χ1v) is 30.7. The molecular weight excluding hydrogens is 1160 g/mol. The van der Waals surface area contributed by atoms with Crippen LogP contribution in [-0.4, -0.2) is 250 Å². The summed E-state index contributed by atoms with van der Waals surface area (Å²) in [6, 6.07) is 19.1. The second-order valence-corrected chi connectivity index (χ2v) is 21.6. The van der Waals surface area contributed by atoms with E-state index in [-0.39, 0.29) is 198 Å². The number of benzene rings is 4. The lowest BCUT2D eigenvalue weighted by Gasteiger charge is -2.31. The van der Waals surface area contributed by atoms with Crippen LogP contribution in [0.4, 0.5) is 0 Å². The van der Waals surface area contributed by atoms with Crippen LogP contribution in [0.5, 0.6) is 23.0 Å². The predicted molar refractivity (Wildman–Crippen MR) is 335 cm³/mol. The van der Waals surface area contributed by atoms with Gasteiger partial charge in [-0.25, -0.2) is 0 Å². The second kappa shape index (κ2) is 35.4. The zero-order chi connectivity index (χ0) is 64.4. The molecule has 8 amide bonds. The van der Waals surface area contributed by atoms with Crippen LogP contribution in [0.1, 0.15) is 115 Å². The molecule has 4 aromatic rings. The zero-order valence-corrected chi connectivity index (χ0v) is 52.3. The molecule has 90 heavy (non-hydrogen) atoms. The van der Waals surface area contributed by atoms with Gasteiger partial charge in [0.15, 0.2) is 0 Å². The van der Waals surface area contributed by atoms with E-state index >= 15 is 4.79 Å². The first-order valence-electron chi connectivity index (χ1n) is 30.7. The molecule has 486 valence electrons. The highest BCUT2D eigenvalue weighted by Crippen LogP contribution is 2.28. The fourth-order valence-electron chi connectivity index (χ4n) is 11.0. The number of carbonyl (C=O) groups is 9. The number of rotatable bonds is 11. The Kier molecular flexibility index (Phi) is 27.0. The average Bonchev–Trinajstić information content (AvgIpc) is 2.41. The van der Waals surface area contributed by atoms with E-state index in [1.807, 2.05) is 14.7 Å². The van der Waals surface area contributed by atoms with Gasteiger partial charge in [0.05, 0.1) is 79.6 Å². The monoisotopic (exact) mass is 1250 g/mol. The van der Waals surface area contributed by atoms with E-state index < -0.39 is 47.3 Å². The lowest BCUT2D eigenvalue weighted by atomic mass is 10.1. The van der Waals surface area contributed by atoms with Crippen molar-refractivity contribution in [1.29, 1.82) is 0 Å². The van der Waals surface area contributed by atoms with E-state index in [9.17, 15) is 38.4 Å². The van der Waals surface area contributed by atoms with Gasteiger partial charge in [0.2, 0.25) is 0 Å².